The van der Waals surface area contributed by atoms with Crippen LogP contribution in [0.4, 0.5) is 0 Å². The molecule has 2 aromatic carbocycles. The Bertz CT molecular complexity index is 621. The van der Waals surface area contributed by atoms with Crippen molar-refractivity contribution in [1.82, 2.24) is 0 Å². The standard InChI is InChI=1S/C16H15NO3/c1-13(17(18)19)10-15-8-5-9-16(11-15)20-12-14-6-3-2-4-7-14/h2-11H,12H2,1H3. The van der Waals surface area contributed by atoms with Crippen LogP contribution in [0.25, 0.3) is 6.08 Å². The molecular weight excluding hydrogens is 254 g/mol. The molecule has 0 saturated carbocycles. The van der Waals surface area contributed by atoms with Gasteiger partial charge in [0, 0.05) is 13.0 Å². The summed E-state index contributed by atoms with van der Waals surface area (Å²) in [6.45, 7) is 1.94. The molecule has 0 unspecified atom stereocenters. The highest BCUT2D eigenvalue weighted by Gasteiger charge is 2.03. The van der Waals surface area contributed by atoms with Crippen molar-refractivity contribution in [3.8, 4) is 5.75 Å². The van der Waals surface area contributed by atoms with E-state index in [0.717, 1.165) is 11.1 Å². The predicted octanol–water partition coefficient (Wildman–Crippen LogP) is 3.90. The second kappa shape index (κ2) is 6.52. The minimum atomic E-state index is -0.405. The van der Waals surface area contributed by atoms with Crippen LogP contribution in [-0.4, -0.2) is 4.92 Å². The summed E-state index contributed by atoms with van der Waals surface area (Å²) in [5.41, 5.74) is 1.94. The lowest BCUT2D eigenvalue weighted by atomic mass is 10.2. The van der Waals surface area contributed by atoms with E-state index in [4.69, 9.17) is 4.74 Å². The Morgan fingerprint density at radius 3 is 2.65 bits per heavy atom. The van der Waals surface area contributed by atoms with Gasteiger partial charge in [-0.1, -0.05) is 42.5 Å². The van der Waals surface area contributed by atoms with Crippen LogP contribution in [0.3, 0.4) is 0 Å². The van der Waals surface area contributed by atoms with Gasteiger partial charge in [-0.3, -0.25) is 10.1 Å². The summed E-state index contributed by atoms with van der Waals surface area (Å²) in [4.78, 5) is 10.2. The second-order valence-electron chi connectivity index (χ2n) is 4.39. The molecule has 0 fully saturated rings. The van der Waals surface area contributed by atoms with Gasteiger partial charge in [-0.05, 0) is 23.3 Å². The Hall–Kier alpha value is -2.62. The monoisotopic (exact) mass is 269 g/mol. The van der Waals surface area contributed by atoms with E-state index in [0.29, 0.717) is 12.4 Å². The molecule has 0 amide bonds. The fourth-order valence-electron chi connectivity index (χ4n) is 1.73. The Balaban J connectivity index is 2.07. The number of benzene rings is 2. The van der Waals surface area contributed by atoms with Gasteiger partial charge in [0.1, 0.15) is 12.4 Å². The number of nitrogens with zero attached hydrogens (tertiary/aromatic N) is 1. The summed E-state index contributed by atoms with van der Waals surface area (Å²) in [5.74, 6) is 0.693. The molecule has 0 N–H and O–H groups in total. The number of allylic oxidation sites excluding steroid dienone is 1. The SMILES string of the molecule is CC(=Cc1cccc(OCc2ccccc2)c1)[N+](=O)[O-]. The first-order chi connectivity index (χ1) is 9.65. The van der Waals surface area contributed by atoms with E-state index in [2.05, 4.69) is 0 Å². The van der Waals surface area contributed by atoms with E-state index in [1.54, 1.807) is 6.07 Å². The lowest BCUT2D eigenvalue weighted by Crippen LogP contribution is -1.96. The topological polar surface area (TPSA) is 52.4 Å². The van der Waals surface area contributed by atoms with Crippen LogP contribution in [0.5, 0.6) is 5.75 Å². The third-order valence-corrected chi connectivity index (χ3v) is 2.77. The summed E-state index contributed by atoms with van der Waals surface area (Å²) >= 11 is 0. The molecule has 0 aliphatic heterocycles. The number of hydrogen-bond donors (Lipinski definition) is 0. The van der Waals surface area contributed by atoms with Crippen molar-refractivity contribution in [3.05, 3.63) is 81.5 Å². The van der Waals surface area contributed by atoms with Crippen LogP contribution >= 0.6 is 0 Å². The average molecular weight is 269 g/mol. The second-order valence-corrected chi connectivity index (χ2v) is 4.39. The zero-order valence-corrected chi connectivity index (χ0v) is 11.2. The fraction of sp³-hybridized carbons (Fsp3) is 0.125. The van der Waals surface area contributed by atoms with Gasteiger partial charge in [0.05, 0.1) is 4.92 Å². The maximum Gasteiger partial charge on any atom is 0.243 e. The highest BCUT2D eigenvalue weighted by molar-refractivity contribution is 5.52. The van der Waals surface area contributed by atoms with E-state index in [-0.39, 0.29) is 5.70 Å². The number of nitro groups is 1. The first-order valence-electron chi connectivity index (χ1n) is 6.24. The zero-order chi connectivity index (χ0) is 14.4. The predicted molar refractivity (Wildman–Crippen MR) is 77.9 cm³/mol. The molecule has 0 bridgehead atoms. The molecule has 0 saturated heterocycles. The lowest BCUT2D eigenvalue weighted by molar-refractivity contribution is -0.422. The quantitative estimate of drug-likeness (QED) is 0.611. The van der Waals surface area contributed by atoms with Crippen LogP contribution in [0.1, 0.15) is 18.1 Å². The van der Waals surface area contributed by atoms with Crippen molar-refractivity contribution in [2.75, 3.05) is 0 Å². The van der Waals surface area contributed by atoms with Crippen molar-refractivity contribution in [2.24, 2.45) is 0 Å². The van der Waals surface area contributed by atoms with Gasteiger partial charge in [-0.15, -0.1) is 0 Å². The van der Waals surface area contributed by atoms with Crippen LogP contribution in [0, 0.1) is 10.1 Å². The van der Waals surface area contributed by atoms with E-state index in [1.165, 1.54) is 13.0 Å². The molecule has 2 rings (SSSR count). The molecule has 0 radical (unpaired) electrons. The van der Waals surface area contributed by atoms with Crippen molar-refractivity contribution < 1.29 is 9.66 Å². The molecule has 4 nitrogen and oxygen atoms in total. The van der Waals surface area contributed by atoms with Gasteiger partial charge in [0.2, 0.25) is 5.70 Å². The lowest BCUT2D eigenvalue weighted by Gasteiger charge is -2.06. The highest BCUT2D eigenvalue weighted by Crippen LogP contribution is 2.17. The summed E-state index contributed by atoms with van der Waals surface area (Å²) in [7, 11) is 0. The summed E-state index contributed by atoms with van der Waals surface area (Å²) in [6, 6.07) is 17.1. The minimum absolute atomic E-state index is 0.102. The Labute approximate surface area is 117 Å². The molecule has 0 spiro atoms. The Kier molecular flexibility index (Phi) is 4.50. The molecule has 0 aromatic heterocycles. The molecule has 0 aliphatic rings. The van der Waals surface area contributed by atoms with Gasteiger partial charge in [0.25, 0.3) is 0 Å². The summed E-state index contributed by atoms with van der Waals surface area (Å²) in [6.07, 6.45) is 1.52. The van der Waals surface area contributed by atoms with E-state index in [9.17, 15) is 10.1 Å². The van der Waals surface area contributed by atoms with Crippen molar-refractivity contribution in [1.29, 1.82) is 0 Å². The molecule has 2 aromatic rings. The maximum atomic E-state index is 10.6. The van der Waals surface area contributed by atoms with Crippen LogP contribution in [0.15, 0.2) is 60.3 Å². The van der Waals surface area contributed by atoms with Crippen molar-refractivity contribution >= 4 is 6.08 Å². The maximum absolute atomic E-state index is 10.6. The van der Waals surface area contributed by atoms with Gasteiger partial charge in [-0.25, -0.2) is 0 Å². The van der Waals surface area contributed by atoms with Gasteiger partial charge in [0.15, 0.2) is 0 Å². The number of ether oxygens (including phenoxy) is 1. The molecule has 102 valence electrons. The normalized spacial score (nSPS) is 11.2. The van der Waals surface area contributed by atoms with Crippen molar-refractivity contribution in [2.45, 2.75) is 13.5 Å². The summed E-state index contributed by atoms with van der Waals surface area (Å²) in [5, 5.41) is 10.6. The van der Waals surface area contributed by atoms with Crippen LogP contribution in [0.2, 0.25) is 0 Å². The van der Waals surface area contributed by atoms with Gasteiger partial charge < -0.3 is 4.74 Å². The smallest absolute Gasteiger partial charge is 0.243 e. The molecule has 0 heterocycles. The van der Waals surface area contributed by atoms with E-state index < -0.39 is 4.92 Å². The van der Waals surface area contributed by atoms with Crippen LogP contribution in [-0.2, 0) is 6.61 Å². The van der Waals surface area contributed by atoms with Gasteiger partial charge >= 0.3 is 0 Å². The highest BCUT2D eigenvalue weighted by atomic mass is 16.6. The molecule has 4 heteroatoms. The minimum Gasteiger partial charge on any atom is -0.489 e. The first-order valence-corrected chi connectivity index (χ1v) is 6.24. The fourth-order valence-corrected chi connectivity index (χ4v) is 1.73. The number of hydrogen-bond acceptors (Lipinski definition) is 3. The third-order valence-electron chi connectivity index (χ3n) is 2.77. The third kappa shape index (κ3) is 3.95. The molecule has 20 heavy (non-hydrogen) atoms. The Morgan fingerprint density at radius 2 is 1.95 bits per heavy atom. The largest absolute Gasteiger partial charge is 0.489 e. The first kappa shape index (κ1) is 13.8. The summed E-state index contributed by atoms with van der Waals surface area (Å²) < 4.78 is 5.68. The van der Waals surface area contributed by atoms with Crippen LogP contribution < -0.4 is 4.74 Å². The molecular formula is C16H15NO3. The molecule has 0 atom stereocenters. The average Bonchev–Trinajstić information content (AvgIpc) is 2.46. The van der Waals surface area contributed by atoms with Gasteiger partial charge in [-0.2, -0.15) is 0 Å². The molecule has 0 aliphatic carbocycles. The van der Waals surface area contributed by atoms with E-state index >= 15 is 0 Å². The Morgan fingerprint density at radius 1 is 1.20 bits per heavy atom. The number of rotatable bonds is 5. The van der Waals surface area contributed by atoms with E-state index in [1.807, 2.05) is 48.5 Å². The zero-order valence-electron chi connectivity index (χ0n) is 11.2. The van der Waals surface area contributed by atoms with Crippen molar-refractivity contribution in [3.63, 3.8) is 0 Å².